The van der Waals surface area contributed by atoms with Gasteiger partial charge in [0.1, 0.15) is 18.4 Å². The fraction of sp³-hybridized carbons (Fsp3) is 0.300. The number of benzene rings is 1. The van der Waals surface area contributed by atoms with Crippen molar-refractivity contribution >= 4 is 23.1 Å². The monoisotopic (exact) mass is 379 g/mol. The summed E-state index contributed by atoms with van der Waals surface area (Å²) in [7, 11) is 1.66. The maximum absolute atomic E-state index is 12.8. The molecule has 0 fully saturated rings. The minimum absolute atomic E-state index is 0.0285. The normalized spacial score (nSPS) is 16.4. The van der Waals surface area contributed by atoms with E-state index in [2.05, 4.69) is 22.3 Å². The van der Waals surface area contributed by atoms with E-state index in [4.69, 9.17) is 4.74 Å². The number of hydrogen-bond acceptors (Lipinski definition) is 5. The van der Waals surface area contributed by atoms with Crippen molar-refractivity contribution in [3.05, 3.63) is 54.0 Å². The molecule has 1 aromatic carbocycles. The molecule has 1 atom stereocenters. The SMILES string of the molecule is CCCc1cccc2nc(C(=O)NC3COc4ccccc4N(C)C3=O)nn12. The quantitative estimate of drug-likeness (QED) is 0.747. The van der Waals surface area contributed by atoms with Crippen molar-refractivity contribution in [2.45, 2.75) is 25.8 Å². The van der Waals surface area contributed by atoms with Crippen molar-refractivity contribution in [2.24, 2.45) is 0 Å². The Balaban J connectivity index is 1.56. The molecular weight excluding hydrogens is 358 g/mol. The summed E-state index contributed by atoms with van der Waals surface area (Å²) >= 11 is 0. The van der Waals surface area contributed by atoms with Crippen LogP contribution in [0.5, 0.6) is 5.75 Å². The van der Waals surface area contributed by atoms with Gasteiger partial charge >= 0.3 is 0 Å². The molecule has 2 aromatic heterocycles. The molecule has 3 heterocycles. The van der Waals surface area contributed by atoms with Crippen molar-refractivity contribution in [1.82, 2.24) is 19.9 Å². The molecule has 0 aliphatic carbocycles. The maximum atomic E-state index is 12.8. The Morgan fingerprint density at radius 3 is 2.89 bits per heavy atom. The molecule has 0 spiro atoms. The minimum atomic E-state index is -0.827. The van der Waals surface area contributed by atoms with Crippen LogP contribution in [0.4, 0.5) is 5.69 Å². The number of para-hydroxylation sites is 2. The zero-order valence-electron chi connectivity index (χ0n) is 15.8. The molecule has 0 bridgehead atoms. The third-order valence-corrected chi connectivity index (χ3v) is 4.71. The summed E-state index contributed by atoms with van der Waals surface area (Å²) in [6, 6.07) is 12.1. The second-order valence-corrected chi connectivity index (χ2v) is 6.67. The second kappa shape index (κ2) is 7.30. The molecule has 0 radical (unpaired) electrons. The van der Waals surface area contributed by atoms with Gasteiger partial charge in [0.15, 0.2) is 5.65 Å². The summed E-state index contributed by atoms with van der Waals surface area (Å²) in [5.74, 6) is -0.132. The van der Waals surface area contributed by atoms with Crippen LogP contribution >= 0.6 is 0 Å². The molecule has 144 valence electrons. The summed E-state index contributed by atoms with van der Waals surface area (Å²) in [5.41, 5.74) is 2.25. The maximum Gasteiger partial charge on any atom is 0.291 e. The lowest BCUT2D eigenvalue weighted by Crippen LogP contribution is -2.49. The van der Waals surface area contributed by atoms with E-state index in [-0.39, 0.29) is 18.3 Å². The van der Waals surface area contributed by atoms with Crippen LogP contribution in [0.3, 0.4) is 0 Å². The predicted molar refractivity (Wildman–Crippen MR) is 104 cm³/mol. The molecule has 0 saturated heterocycles. The number of ether oxygens (including phenoxy) is 1. The Morgan fingerprint density at radius 1 is 1.25 bits per heavy atom. The summed E-state index contributed by atoms with van der Waals surface area (Å²) in [6.45, 7) is 2.12. The summed E-state index contributed by atoms with van der Waals surface area (Å²) in [4.78, 5) is 31.3. The number of rotatable bonds is 4. The summed E-state index contributed by atoms with van der Waals surface area (Å²) < 4.78 is 7.40. The first-order chi connectivity index (χ1) is 13.6. The van der Waals surface area contributed by atoms with Crippen LogP contribution in [0, 0.1) is 0 Å². The number of aromatic nitrogens is 3. The number of hydrogen-bond donors (Lipinski definition) is 1. The standard InChI is InChI=1S/C20H21N5O3/c1-3-7-13-8-6-11-17-22-18(23-25(13)17)19(26)21-14-12-28-16-10-5-4-9-15(16)24(2)20(14)27/h4-6,8-11,14H,3,7,12H2,1-2H3,(H,21,26). The summed E-state index contributed by atoms with van der Waals surface area (Å²) in [5, 5.41) is 7.04. The van der Waals surface area contributed by atoms with E-state index >= 15 is 0 Å². The van der Waals surface area contributed by atoms with Crippen LogP contribution in [0.15, 0.2) is 42.5 Å². The largest absolute Gasteiger partial charge is 0.489 e. The molecule has 1 aliphatic heterocycles. The zero-order valence-corrected chi connectivity index (χ0v) is 15.8. The highest BCUT2D eigenvalue weighted by molar-refractivity contribution is 6.02. The molecular formula is C20H21N5O3. The first-order valence-electron chi connectivity index (χ1n) is 9.23. The third-order valence-electron chi connectivity index (χ3n) is 4.71. The van der Waals surface area contributed by atoms with Gasteiger partial charge in [0, 0.05) is 12.7 Å². The van der Waals surface area contributed by atoms with E-state index in [9.17, 15) is 9.59 Å². The lowest BCUT2D eigenvalue weighted by atomic mass is 10.2. The van der Waals surface area contributed by atoms with Gasteiger partial charge in [-0.1, -0.05) is 31.5 Å². The Hall–Kier alpha value is -3.42. The fourth-order valence-corrected chi connectivity index (χ4v) is 3.28. The van der Waals surface area contributed by atoms with Crippen molar-refractivity contribution in [1.29, 1.82) is 0 Å². The van der Waals surface area contributed by atoms with E-state index < -0.39 is 11.9 Å². The van der Waals surface area contributed by atoms with Crippen LogP contribution in [0.25, 0.3) is 5.65 Å². The van der Waals surface area contributed by atoms with E-state index in [0.29, 0.717) is 17.1 Å². The van der Waals surface area contributed by atoms with Crippen molar-refractivity contribution in [3.63, 3.8) is 0 Å². The average Bonchev–Trinajstić information content (AvgIpc) is 3.11. The predicted octanol–water partition coefficient (Wildman–Crippen LogP) is 1.84. The molecule has 0 saturated carbocycles. The Kier molecular flexibility index (Phi) is 4.68. The molecule has 1 aliphatic rings. The number of pyridine rings is 1. The zero-order chi connectivity index (χ0) is 19.7. The molecule has 8 nitrogen and oxygen atoms in total. The number of aryl methyl sites for hydroxylation is 1. The van der Waals surface area contributed by atoms with Crippen LogP contribution in [0.1, 0.15) is 29.7 Å². The van der Waals surface area contributed by atoms with Crippen molar-refractivity contribution in [2.75, 3.05) is 18.6 Å². The average molecular weight is 379 g/mol. The van der Waals surface area contributed by atoms with Crippen LogP contribution in [-0.4, -0.2) is 46.1 Å². The van der Waals surface area contributed by atoms with Gasteiger partial charge in [0.25, 0.3) is 11.8 Å². The van der Waals surface area contributed by atoms with E-state index in [1.54, 1.807) is 29.8 Å². The number of nitrogens with zero attached hydrogens (tertiary/aromatic N) is 4. The van der Waals surface area contributed by atoms with E-state index in [1.165, 1.54) is 4.90 Å². The van der Waals surface area contributed by atoms with E-state index in [0.717, 1.165) is 18.5 Å². The number of fused-ring (bicyclic) bond motifs is 2. The molecule has 1 unspecified atom stereocenters. The lowest BCUT2D eigenvalue weighted by Gasteiger charge is -2.19. The Bertz CT molecular complexity index is 1050. The number of likely N-dealkylation sites (N-methyl/N-ethyl adjacent to an activating group) is 1. The third kappa shape index (κ3) is 3.17. The highest BCUT2D eigenvalue weighted by atomic mass is 16.5. The molecule has 28 heavy (non-hydrogen) atoms. The van der Waals surface area contributed by atoms with Gasteiger partial charge in [-0.3, -0.25) is 9.59 Å². The Morgan fingerprint density at radius 2 is 2.07 bits per heavy atom. The topological polar surface area (TPSA) is 88.8 Å². The van der Waals surface area contributed by atoms with Gasteiger partial charge in [-0.2, -0.15) is 0 Å². The van der Waals surface area contributed by atoms with Crippen molar-refractivity contribution in [3.8, 4) is 5.75 Å². The molecule has 3 aromatic rings. The molecule has 8 heteroatoms. The highest BCUT2D eigenvalue weighted by Crippen LogP contribution is 2.29. The first-order valence-corrected chi connectivity index (χ1v) is 9.23. The number of carbonyl (C=O) groups is 2. The fourth-order valence-electron chi connectivity index (χ4n) is 3.28. The van der Waals surface area contributed by atoms with Gasteiger partial charge < -0.3 is 15.0 Å². The number of carbonyl (C=O) groups excluding carboxylic acids is 2. The number of anilines is 1. The van der Waals surface area contributed by atoms with Crippen LogP contribution < -0.4 is 15.0 Å². The summed E-state index contributed by atoms with van der Waals surface area (Å²) in [6.07, 6.45) is 1.79. The minimum Gasteiger partial charge on any atom is -0.489 e. The molecule has 4 rings (SSSR count). The van der Waals surface area contributed by atoms with Crippen LogP contribution in [0.2, 0.25) is 0 Å². The smallest absolute Gasteiger partial charge is 0.291 e. The molecule has 1 N–H and O–H groups in total. The van der Waals surface area contributed by atoms with Gasteiger partial charge in [0.2, 0.25) is 5.82 Å². The van der Waals surface area contributed by atoms with Gasteiger partial charge in [-0.25, -0.2) is 9.50 Å². The van der Waals surface area contributed by atoms with Gasteiger partial charge in [-0.05, 0) is 30.7 Å². The number of amides is 2. The van der Waals surface area contributed by atoms with Crippen LogP contribution in [-0.2, 0) is 11.2 Å². The lowest BCUT2D eigenvalue weighted by molar-refractivity contribution is -0.120. The first kappa shape index (κ1) is 18.0. The van der Waals surface area contributed by atoms with Gasteiger partial charge in [0.05, 0.1) is 5.69 Å². The molecule has 2 amide bonds. The van der Waals surface area contributed by atoms with E-state index in [1.807, 2.05) is 24.3 Å². The second-order valence-electron chi connectivity index (χ2n) is 6.67. The Labute approximate surface area is 162 Å². The van der Waals surface area contributed by atoms with Crippen molar-refractivity contribution < 1.29 is 14.3 Å². The number of nitrogens with one attached hydrogen (secondary N) is 1. The van der Waals surface area contributed by atoms with Gasteiger partial charge in [-0.15, -0.1) is 5.10 Å². The highest BCUT2D eigenvalue weighted by Gasteiger charge is 2.31.